The van der Waals surface area contributed by atoms with Crippen LogP contribution in [0.2, 0.25) is 0 Å². The number of carbonyl (C=O) groups excluding carboxylic acids is 1. The molecule has 0 saturated heterocycles. The Bertz CT molecular complexity index is 488. The fourth-order valence-corrected chi connectivity index (χ4v) is 1.87. The summed E-state index contributed by atoms with van der Waals surface area (Å²) in [4.78, 5) is 12.2. The molecule has 1 amide bonds. The molecule has 0 aliphatic heterocycles. The van der Waals surface area contributed by atoms with E-state index in [1.807, 2.05) is 30.3 Å². The number of benzene rings is 1. The van der Waals surface area contributed by atoms with Gasteiger partial charge in [-0.05, 0) is 41.4 Å². The first-order valence-electron chi connectivity index (χ1n) is 4.74. The van der Waals surface area contributed by atoms with Crippen LogP contribution in [0.25, 0.3) is 10.4 Å². The van der Waals surface area contributed by atoms with Crippen molar-refractivity contribution in [2.45, 2.75) is 0 Å². The zero-order valence-corrected chi connectivity index (χ0v) is 9.33. The highest BCUT2D eigenvalue weighted by Crippen LogP contribution is 2.24. The maximum absolute atomic E-state index is 11.1. The Hall–Kier alpha value is -1.94. The summed E-state index contributed by atoms with van der Waals surface area (Å²) in [6.07, 6.45) is 3.02. The molecule has 0 fully saturated rings. The standard InChI is InChI=1S/C12H10N2OS/c1-2-12(15)14-10-5-3-9(4-6-10)11-7-8-13-16-11/h2-8H,1H2,(H,14,15). The van der Waals surface area contributed by atoms with Gasteiger partial charge in [0.15, 0.2) is 0 Å². The molecule has 16 heavy (non-hydrogen) atoms. The smallest absolute Gasteiger partial charge is 0.247 e. The van der Waals surface area contributed by atoms with Crippen LogP contribution in [0.1, 0.15) is 0 Å². The predicted molar refractivity (Wildman–Crippen MR) is 66.4 cm³/mol. The van der Waals surface area contributed by atoms with Gasteiger partial charge in [0, 0.05) is 11.9 Å². The highest BCUT2D eigenvalue weighted by molar-refractivity contribution is 7.09. The highest BCUT2D eigenvalue weighted by Gasteiger charge is 2.00. The van der Waals surface area contributed by atoms with Crippen LogP contribution >= 0.6 is 11.5 Å². The predicted octanol–water partition coefficient (Wildman–Crippen LogP) is 2.93. The maximum Gasteiger partial charge on any atom is 0.247 e. The van der Waals surface area contributed by atoms with E-state index in [2.05, 4.69) is 16.3 Å². The van der Waals surface area contributed by atoms with Crippen molar-refractivity contribution in [1.29, 1.82) is 0 Å². The molecular formula is C12H10N2OS. The van der Waals surface area contributed by atoms with Crippen molar-refractivity contribution < 1.29 is 4.79 Å². The van der Waals surface area contributed by atoms with Crippen molar-refractivity contribution in [3.05, 3.63) is 49.2 Å². The third-order valence-corrected chi connectivity index (χ3v) is 2.86. The van der Waals surface area contributed by atoms with E-state index in [4.69, 9.17) is 0 Å². The first-order valence-corrected chi connectivity index (χ1v) is 5.51. The summed E-state index contributed by atoms with van der Waals surface area (Å²) in [6, 6.07) is 9.58. The molecule has 1 aromatic heterocycles. The summed E-state index contributed by atoms with van der Waals surface area (Å²) < 4.78 is 4.04. The number of carbonyl (C=O) groups is 1. The minimum absolute atomic E-state index is 0.203. The first-order chi connectivity index (χ1) is 7.79. The topological polar surface area (TPSA) is 42.0 Å². The minimum atomic E-state index is -0.203. The molecule has 3 nitrogen and oxygen atoms in total. The molecule has 0 radical (unpaired) electrons. The number of hydrogen-bond donors (Lipinski definition) is 1. The Labute approximate surface area is 97.6 Å². The van der Waals surface area contributed by atoms with Crippen molar-refractivity contribution in [3.63, 3.8) is 0 Å². The summed E-state index contributed by atoms with van der Waals surface area (Å²) >= 11 is 1.45. The molecule has 0 bridgehead atoms. The van der Waals surface area contributed by atoms with Crippen molar-refractivity contribution >= 4 is 23.1 Å². The van der Waals surface area contributed by atoms with Gasteiger partial charge in [-0.25, -0.2) is 4.37 Å². The van der Waals surface area contributed by atoms with Gasteiger partial charge in [0.2, 0.25) is 5.91 Å². The molecule has 0 saturated carbocycles. The lowest BCUT2D eigenvalue weighted by atomic mass is 10.2. The Balaban J connectivity index is 2.17. The van der Waals surface area contributed by atoms with Crippen LogP contribution in [0.3, 0.4) is 0 Å². The Morgan fingerprint density at radius 2 is 2.06 bits per heavy atom. The summed E-state index contributed by atoms with van der Waals surface area (Å²) in [5.41, 5.74) is 1.86. The average Bonchev–Trinajstić information content (AvgIpc) is 2.83. The number of nitrogens with zero attached hydrogens (tertiary/aromatic N) is 1. The number of nitrogens with one attached hydrogen (secondary N) is 1. The second-order valence-electron chi connectivity index (χ2n) is 3.15. The monoisotopic (exact) mass is 230 g/mol. The average molecular weight is 230 g/mol. The Morgan fingerprint density at radius 1 is 1.31 bits per heavy atom. The number of hydrogen-bond acceptors (Lipinski definition) is 3. The van der Waals surface area contributed by atoms with Crippen LogP contribution in [0.15, 0.2) is 49.2 Å². The van der Waals surface area contributed by atoms with Gasteiger partial charge in [0.1, 0.15) is 0 Å². The van der Waals surface area contributed by atoms with Crippen LogP contribution in [0.5, 0.6) is 0 Å². The third-order valence-electron chi connectivity index (χ3n) is 2.06. The zero-order valence-electron chi connectivity index (χ0n) is 8.51. The Morgan fingerprint density at radius 3 is 2.62 bits per heavy atom. The molecular weight excluding hydrogens is 220 g/mol. The minimum Gasteiger partial charge on any atom is -0.323 e. The maximum atomic E-state index is 11.1. The molecule has 80 valence electrons. The van der Waals surface area contributed by atoms with Crippen LogP contribution in [0, 0.1) is 0 Å². The first kappa shape index (κ1) is 10.6. The molecule has 0 aliphatic carbocycles. The van der Waals surface area contributed by atoms with E-state index in [1.54, 1.807) is 6.20 Å². The zero-order chi connectivity index (χ0) is 11.4. The van der Waals surface area contributed by atoms with Gasteiger partial charge < -0.3 is 5.32 Å². The van der Waals surface area contributed by atoms with Crippen molar-refractivity contribution in [2.24, 2.45) is 0 Å². The van der Waals surface area contributed by atoms with Crippen molar-refractivity contribution in [1.82, 2.24) is 4.37 Å². The van der Waals surface area contributed by atoms with E-state index < -0.39 is 0 Å². The van der Waals surface area contributed by atoms with Crippen LogP contribution < -0.4 is 5.32 Å². The van der Waals surface area contributed by atoms with E-state index in [9.17, 15) is 4.79 Å². The lowest BCUT2D eigenvalue weighted by molar-refractivity contribution is -0.111. The number of rotatable bonds is 3. The quantitative estimate of drug-likeness (QED) is 0.824. The number of anilines is 1. The SMILES string of the molecule is C=CC(=O)Nc1ccc(-c2ccns2)cc1. The summed E-state index contributed by atoms with van der Waals surface area (Å²) in [6.45, 7) is 3.40. The van der Waals surface area contributed by atoms with Gasteiger partial charge in [-0.2, -0.15) is 0 Å². The van der Waals surface area contributed by atoms with Gasteiger partial charge in [0.25, 0.3) is 0 Å². The molecule has 1 N–H and O–H groups in total. The van der Waals surface area contributed by atoms with Crippen LogP contribution in [-0.2, 0) is 4.79 Å². The van der Waals surface area contributed by atoms with Crippen LogP contribution in [0.4, 0.5) is 5.69 Å². The van der Waals surface area contributed by atoms with Gasteiger partial charge in [0.05, 0.1) is 4.88 Å². The number of aromatic nitrogens is 1. The lowest BCUT2D eigenvalue weighted by Gasteiger charge is -2.02. The summed E-state index contributed by atoms with van der Waals surface area (Å²) in [5, 5.41) is 2.69. The summed E-state index contributed by atoms with van der Waals surface area (Å²) in [5.74, 6) is -0.203. The fourth-order valence-electron chi connectivity index (χ4n) is 1.28. The largest absolute Gasteiger partial charge is 0.323 e. The van der Waals surface area contributed by atoms with Gasteiger partial charge in [-0.3, -0.25) is 4.79 Å². The normalized spacial score (nSPS) is 9.75. The van der Waals surface area contributed by atoms with Crippen LogP contribution in [-0.4, -0.2) is 10.3 Å². The fraction of sp³-hybridized carbons (Fsp3) is 0. The molecule has 0 spiro atoms. The van der Waals surface area contributed by atoms with Gasteiger partial charge >= 0.3 is 0 Å². The number of amides is 1. The molecule has 2 rings (SSSR count). The molecule has 1 heterocycles. The second kappa shape index (κ2) is 4.72. The molecule has 0 unspecified atom stereocenters. The van der Waals surface area contributed by atoms with E-state index in [0.717, 1.165) is 16.1 Å². The molecule has 0 aliphatic rings. The molecule has 4 heteroatoms. The van der Waals surface area contributed by atoms with Crippen molar-refractivity contribution in [3.8, 4) is 10.4 Å². The molecule has 0 atom stereocenters. The van der Waals surface area contributed by atoms with E-state index in [-0.39, 0.29) is 5.91 Å². The molecule has 1 aromatic carbocycles. The van der Waals surface area contributed by atoms with Gasteiger partial charge in [-0.1, -0.05) is 18.7 Å². The van der Waals surface area contributed by atoms with E-state index in [0.29, 0.717) is 0 Å². The third kappa shape index (κ3) is 2.35. The van der Waals surface area contributed by atoms with Crippen molar-refractivity contribution in [2.75, 3.05) is 5.32 Å². The second-order valence-corrected chi connectivity index (χ2v) is 3.98. The Kier molecular flexibility index (Phi) is 3.12. The van der Waals surface area contributed by atoms with Gasteiger partial charge in [-0.15, -0.1) is 0 Å². The summed E-state index contributed by atoms with van der Waals surface area (Å²) in [7, 11) is 0. The lowest BCUT2D eigenvalue weighted by Crippen LogP contribution is -2.06. The van der Waals surface area contributed by atoms with E-state index >= 15 is 0 Å². The van der Waals surface area contributed by atoms with E-state index in [1.165, 1.54) is 17.6 Å². The highest BCUT2D eigenvalue weighted by atomic mass is 32.1. The molecule has 2 aromatic rings.